The molecule has 0 radical (unpaired) electrons. The van der Waals surface area contributed by atoms with Crippen LogP contribution in [-0.4, -0.2) is 22.4 Å². The molecule has 1 aliphatic carbocycles. The van der Waals surface area contributed by atoms with Crippen molar-refractivity contribution in [2.24, 2.45) is 0 Å². The van der Waals surface area contributed by atoms with Gasteiger partial charge in [0.05, 0.1) is 11.7 Å². The van der Waals surface area contributed by atoms with Crippen LogP contribution in [0.1, 0.15) is 46.0 Å². The number of aliphatic hydroxyl groups is 1. The fourth-order valence-corrected chi connectivity index (χ4v) is 2.49. The molecule has 2 nitrogen and oxygen atoms in total. The van der Waals surface area contributed by atoms with Crippen LogP contribution >= 0.6 is 0 Å². The summed E-state index contributed by atoms with van der Waals surface area (Å²) in [6.07, 6.45) is 5.85. The number of ether oxygens (including phenoxy) is 1. The Balaban J connectivity index is 2.12. The topological polar surface area (TPSA) is 32.8 Å². The Hall–Kier alpha value is -0.0800. The van der Waals surface area contributed by atoms with Crippen molar-refractivity contribution in [1.29, 1.82) is 0 Å². The summed E-state index contributed by atoms with van der Waals surface area (Å²) in [4.78, 5) is 0. The number of epoxide rings is 1. The Morgan fingerprint density at radius 1 is 1.58 bits per heavy atom. The van der Waals surface area contributed by atoms with Crippen LogP contribution in [-0.2, 0) is 4.74 Å². The van der Waals surface area contributed by atoms with Gasteiger partial charge < -0.3 is 9.84 Å². The largest absolute Gasteiger partial charge is 0.387 e. The van der Waals surface area contributed by atoms with Crippen LogP contribution in [0.15, 0.2) is 0 Å². The minimum Gasteiger partial charge on any atom is -0.387 e. The molecule has 0 aromatic rings. The maximum absolute atomic E-state index is 10.1. The molecule has 2 fully saturated rings. The van der Waals surface area contributed by atoms with Gasteiger partial charge in [-0.2, -0.15) is 0 Å². The summed E-state index contributed by atoms with van der Waals surface area (Å²) in [5, 5.41) is 10.1. The van der Waals surface area contributed by atoms with Gasteiger partial charge >= 0.3 is 0 Å². The smallest absolute Gasteiger partial charge is 0.123 e. The molecule has 3 atom stereocenters. The van der Waals surface area contributed by atoms with Gasteiger partial charge in [-0.05, 0) is 26.2 Å². The summed E-state index contributed by atoms with van der Waals surface area (Å²) in [5.41, 5.74) is -0.752. The predicted molar refractivity (Wildman–Crippen MR) is 47.0 cm³/mol. The molecule has 0 amide bonds. The van der Waals surface area contributed by atoms with Crippen molar-refractivity contribution in [2.75, 3.05) is 0 Å². The second-order valence-electron chi connectivity index (χ2n) is 4.37. The third-order valence-electron chi connectivity index (χ3n) is 3.68. The molecule has 1 aliphatic heterocycles. The molecule has 0 aromatic heterocycles. The van der Waals surface area contributed by atoms with Gasteiger partial charge in [0.1, 0.15) is 5.60 Å². The third-order valence-corrected chi connectivity index (χ3v) is 3.68. The summed E-state index contributed by atoms with van der Waals surface area (Å²) in [6, 6.07) is 0. The Bertz CT molecular complexity index is 188. The number of hydrogen-bond donors (Lipinski definition) is 1. The van der Waals surface area contributed by atoms with E-state index in [1.165, 1.54) is 12.8 Å². The average Bonchev–Trinajstić information content (AvgIpc) is 2.79. The Morgan fingerprint density at radius 3 is 2.92 bits per heavy atom. The lowest BCUT2D eigenvalue weighted by atomic mass is 9.76. The van der Waals surface area contributed by atoms with Crippen molar-refractivity contribution >= 4 is 0 Å². The first-order valence-electron chi connectivity index (χ1n) is 5.02. The highest BCUT2D eigenvalue weighted by atomic mass is 16.6. The zero-order chi connectivity index (χ0) is 8.82. The van der Waals surface area contributed by atoms with Gasteiger partial charge in [0, 0.05) is 0 Å². The van der Waals surface area contributed by atoms with Crippen LogP contribution in [0.3, 0.4) is 0 Å². The number of hydrogen-bond acceptors (Lipinski definition) is 2. The summed E-state index contributed by atoms with van der Waals surface area (Å²) < 4.78 is 5.67. The van der Waals surface area contributed by atoms with E-state index in [0.717, 1.165) is 19.3 Å². The van der Waals surface area contributed by atoms with Gasteiger partial charge in [-0.25, -0.2) is 0 Å². The SMILES string of the molecule is CCC(C)(O)[C@@]12CCCC[C@@H]1O2. The van der Waals surface area contributed by atoms with Crippen LogP contribution < -0.4 is 0 Å². The first kappa shape index (κ1) is 8.52. The van der Waals surface area contributed by atoms with Crippen molar-refractivity contribution in [3.8, 4) is 0 Å². The number of fused-ring (bicyclic) bond motifs is 1. The zero-order valence-corrected chi connectivity index (χ0v) is 7.97. The lowest BCUT2D eigenvalue weighted by Crippen LogP contribution is -2.44. The Labute approximate surface area is 73.9 Å². The quantitative estimate of drug-likeness (QED) is 0.642. The number of rotatable bonds is 2. The van der Waals surface area contributed by atoms with Gasteiger partial charge in [-0.1, -0.05) is 19.8 Å². The van der Waals surface area contributed by atoms with Crippen molar-refractivity contribution in [2.45, 2.75) is 63.3 Å². The van der Waals surface area contributed by atoms with Crippen LogP contribution in [0.2, 0.25) is 0 Å². The normalized spacial score (nSPS) is 44.8. The molecule has 2 aliphatic rings. The highest BCUT2D eigenvalue weighted by Crippen LogP contribution is 2.54. The van der Waals surface area contributed by atoms with Crippen molar-refractivity contribution in [3.63, 3.8) is 0 Å². The van der Waals surface area contributed by atoms with Crippen LogP contribution in [0.25, 0.3) is 0 Å². The molecule has 1 N–H and O–H groups in total. The maximum Gasteiger partial charge on any atom is 0.123 e. The summed E-state index contributed by atoms with van der Waals surface area (Å²) in [7, 11) is 0. The van der Waals surface area contributed by atoms with Crippen molar-refractivity contribution < 1.29 is 9.84 Å². The molecule has 1 saturated heterocycles. The van der Waals surface area contributed by atoms with Gasteiger partial charge in [0.2, 0.25) is 0 Å². The average molecular weight is 170 g/mol. The fourth-order valence-electron chi connectivity index (χ4n) is 2.49. The Kier molecular flexibility index (Phi) is 1.74. The van der Waals surface area contributed by atoms with E-state index >= 15 is 0 Å². The molecule has 0 spiro atoms. The van der Waals surface area contributed by atoms with E-state index in [1.54, 1.807) is 0 Å². The van der Waals surface area contributed by atoms with Crippen LogP contribution in [0.5, 0.6) is 0 Å². The minimum atomic E-state index is -0.599. The molecule has 0 bridgehead atoms. The summed E-state index contributed by atoms with van der Waals surface area (Å²) in [5.74, 6) is 0. The molecular formula is C10H18O2. The fraction of sp³-hybridized carbons (Fsp3) is 1.00. The highest BCUT2D eigenvalue weighted by Gasteiger charge is 2.66. The van der Waals surface area contributed by atoms with Gasteiger partial charge in [-0.15, -0.1) is 0 Å². The molecule has 1 saturated carbocycles. The van der Waals surface area contributed by atoms with E-state index in [-0.39, 0.29) is 5.60 Å². The lowest BCUT2D eigenvalue weighted by Gasteiger charge is -2.31. The molecule has 2 heteroatoms. The minimum absolute atomic E-state index is 0.153. The molecule has 70 valence electrons. The van der Waals surface area contributed by atoms with E-state index < -0.39 is 5.60 Å². The predicted octanol–water partition coefficient (Wildman–Crippen LogP) is 1.86. The van der Waals surface area contributed by atoms with Crippen molar-refractivity contribution in [1.82, 2.24) is 0 Å². The molecular weight excluding hydrogens is 152 g/mol. The zero-order valence-electron chi connectivity index (χ0n) is 7.97. The second kappa shape index (κ2) is 2.46. The lowest BCUT2D eigenvalue weighted by molar-refractivity contribution is -0.0310. The molecule has 1 unspecified atom stereocenters. The monoisotopic (exact) mass is 170 g/mol. The Morgan fingerprint density at radius 2 is 2.33 bits per heavy atom. The molecule has 1 heterocycles. The van der Waals surface area contributed by atoms with Gasteiger partial charge in [-0.3, -0.25) is 0 Å². The van der Waals surface area contributed by atoms with Gasteiger partial charge in [0.15, 0.2) is 0 Å². The highest BCUT2D eigenvalue weighted by molar-refractivity contribution is 5.14. The molecule has 0 aromatic carbocycles. The summed E-state index contributed by atoms with van der Waals surface area (Å²) >= 11 is 0. The van der Waals surface area contributed by atoms with Crippen molar-refractivity contribution in [3.05, 3.63) is 0 Å². The van der Waals surface area contributed by atoms with Crippen LogP contribution in [0, 0.1) is 0 Å². The van der Waals surface area contributed by atoms with Crippen LogP contribution in [0.4, 0.5) is 0 Å². The molecule has 2 rings (SSSR count). The van der Waals surface area contributed by atoms with E-state index in [4.69, 9.17) is 4.74 Å². The van der Waals surface area contributed by atoms with E-state index in [1.807, 2.05) is 13.8 Å². The third kappa shape index (κ3) is 0.944. The summed E-state index contributed by atoms with van der Waals surface area (Å²) in [6.45, 7) is 3.94. The van der Waals surface area contributed by atoms with E-state index in [0.29, 0.717) is 6.10 Å². The second-order valence-corrected chi connectivity index (χ2v) is 4.37. The first-order chi connectivity index (χ1) is 5.62. The first-order valence-corrected chi connectivity index (χ1v) is 5.02. The van der Waals surface area contributed by atoms with E-state index in [9.17, 15) is 5.11 Å². The van der Waals surface area contributed by atoms with Gasteiger partial charge in [0.25, 0.3) is 0 Å². The standard InChI is InChI=1S/C10H18O2/c1-3-9(2,11)10-7-5-4-6-8(10)12-10/h8,11H,3-7H2,1-2H3/t8-,9?,10+/m0/s1. The molecule has 12 heavy (non-hydrogen) atoms. The maximum atomic E-state index is 10.1. The van der Waals surface area contributed by atoms with E-state index in [2.05, 4.69) is 0 Å².